The second-order valence-corrected chi connectivity index (χ2v) is 8.55. The van der Waals surface area contributed by atoms with Gasteiger partial charge in [-0.3, -0.25) is 4.99 Å². The van der Waals surface area contributed by atoms with Crippen molar-refractivity contribution in [1.82, 2.24) is 14.9 Å². The molecule has 0 aliphatic rings. The molecule has 0 bridgehead atoms. The van der Waals surface area contributed by atoms with Crippen LogP contribution >= 0.6 is 24.0 Å². The molecule has 0 spiro atoms. The fourth-order valence-corrected chi connectivity index (χ4v) is 3.21. The second-order valence-electron chi connectivity index (χ2n) is 6.19. The van der Waals surface area contributed by atoms with Gasteiger partial charge in [-0.25, -0.2) is 12.7 Å². The minimum absolute atomic E-state index is 0. The standard InChI is InChI=1S/C18H30F2N4O4S.HI/c1-4-21-18(22-11-6-12-24(3)29(26,27)5-2)23-13-16(25)14-7-9-15(10-8-14)28-17(19)20;/h7-10,16-17,25H,4-6,11-13H2,1-3H3,(H2,21,22,23);1H. The maximum absolute atomic E-state index is 12.2. The maximum Gasteiger partial charge on any atom is 0.387 e. The highest BCUT2D eigenvalue weighted by Crippen LogP contribution is 2.19. The molecule has 0 radical (unpaired) electrons. The van der Waals surface area contributed by atoms with Crippen LogP contribution in [0.1, 0.15) is 31.9 Å². The van der Waals surface area contributed by atoms with Crippen LogP contribution in [0.4, 0.5) is 8.78 Å². The molecule has 174 valence electrons. The number of sulfonamides is 1. The van der Waals surface area contributed by atoms with Gasteiger partial charge in [-0.2, -0.15) is 8.78 Å². The molecule has 0 saturated heterocycles. The molecular formula is C18H31F2IN4O4S. The Morgan fingerprint density at radius 2 is 1.87 bits per heavy atom. The zero-order valence-corrected chi connectivity index (χ0v) is 20.5. The lowest BCUT2D eigenvalue weighted by molar-refractivity contribution is -0.0498. The van der Waals surface area contributed by atoms with Crippen LogP contribution in [0.15, 0.2) is 29.3 Å². The number of nitrogens with one attached hydrogen (secondary N) is 2. The average Bonchev–Trinajstić information content (AvgIpc) is 2.68. The van der Waals surface area contributed by atoms with Crippen LogP contribution in [0.3, 0.4) is 0 Å². The number of aliphatic imine (C=N–C) groups is 1. The summed E-state index contributed by atoms with van der Waals surface area (Å²) in [5.41, 5.74) is 0.526. The highest BCUT2D eigenvalue weighted by molar-refractivity contribution is 14.0. The van der Waals surface area contributed by atoms with E-state index in [4.69, 9.17) is 0 Å². The molecule has 0 aromatic heterocycles. The van der Waals surface area contributed by atoms with Gasteiger partial charge in [-0.05, 0) is 38.0 Å². The monoisotopic (exact) mass is 564 g/mol. The summed E-state index contributed by atoms with van der Waals surface area (Å²) in [6, 6.07) is 5.72. The first-order valence-corrected chi connectivity index (χ1v) is 11.0. The van der Waals surface area contributed by atoms with E-state index in [2.05, 4.69) is 20.4 Å². The van der Waals surface area contributed by atoms with Crippen LogP contribution in [0.2, 0.25) is 0 Å². The predicted molar refractivity (Wildman–Crippen MR) is 124 cm³/mol. The lowest BCUT2D eigenvalue weighted by atomic mass is 10.1. The number of guanidine groups is 1. The normalized spacial score (nSPS) is 13.1. The molecule has 1 aromatic rings. The Bertz CT molecular complexity index is 736. The first-order chi connectivity index (χ1) is 13.7. The van der Waals surface area contributed by atoms with Gasteiger partial charge in [0.05, 0.1) is 18.4 Å². The molecule has 30 heavy (non-hydrogen) atoms. The zero-order chi connectivity index (χ0) is 21.9. The number of ether oxygens (including phenoxy) is 1. The van der Waals surface area contributed by atoms with Crippen molar-refractivity contribution < 1.29 is 27.0 Å². The largest absolute Gasteiger partial charge is 0.435 e. The van der Waals surface area contributed by atoms with Crippen LogP contribution in [-0.2, 0) is 10.0 Å². The van der Waals surface area contributed by atoms with E-state index < -0.39 is 22.7 Å². The molecule has 0 amide bonds. The molecule has 12 heteroatoms. The fraction of sp³-hybridized carbons (Fsp3) is 0.611. The minimum Gasteiger partial charge on any atom is -0.435 e. The number of halogens is 3. The second kappa shape index (κ2) is 14.7. The SMILES string of the molecule is CCNC(=NCC(O)c1ccc(OC(F)F)cc1)NCCCN(C)S(=O)(=O)CC.I. The fourth-order valence-electron chi connectivity index (χ4n) is 2.36. The van der Waals surface area contributed by atoms with E-state index in [9.17, 15) is 22.3 Å². The number of hydrogen-bond acceptors (Lipinski definition) is 5. The first kappa shape index (κ1) is 28.8. The van der Waals surface area contributed by atoms with E-state index in [1.54, 1.807) is 14.0 Å². The Morgan fingerprint density at radius 3 is 2.40 bits per heavy atom. The van der Waals surface area contributed by atoms with Gasteiger partial charge in [0.1, 0.15) is 5.75 Å². The Hall–Kier alpha value is -1.25. The Labute approximate surface area is 194 Å². The molecule has 8 nitrogen and oxygen atoms in total. The third kappa shape index (κ3) is 10.7. The minimum atomic E-state index is -3.20. The molecule has 0 fully saturated rings. The van der Waals surface area contributed by atoms with E-state index in [0.717, 1.165) is 0 Å². The van der Waals surface area contributed by atoms with Crippen molar-refractivity contribution in [1.29, 1.82) is 0 Å². The van der Waals surface area contributed by atoms with Gasteiger partial charge >= 0.3 is 6.61 Å². The molecule has 0 saturated carbocycles. The van der Waals surface area contributed by atoms with Gasteiger partial charge in [-0.15, -0.1) is 24.0 Å². The summed E-state index contributed by atoms with van der Waals surface area (Å²) in [4.78, 5) is 4.30. The molecule has 0 heterocycles. The molecule has 1 aromatic carbocycles. The van der Waals surface area contributed by atoms with Gasteiger partial charge < -0.3 is 20.5 Å². The van der Waals surface area contributed by atoms with Crippen LogP contribution in [0, 0.1) is 0 Å². The number of alkyl halides is 2. The van der Waals surface area contributed by atoms with Crippen molar-refractivity contribution in [3.63, 3.8) is 0 Å². The Balaban J connectivity index is 0.00000841. The zero-order valence-electron chi connectivity index (χ0n) is 17.3. The summed E-state index contributed by atoms with van der Waals surface area (Å²) >= 11 is 0. The Morgan fingerprint density at radius 1 is 1.23 bits per heavy atom. The third-order valence-electron chi connectivity index (χ3n) is 4.04. The smallest absolute Gasteiger partial charge is 0.387 e. The lowest BCUT2D eigenvalue weighted by Gasteiger charge is -2.17. The highest BCUT2D eigenvalue weighted by Gasteiger charge is 2.14. The van der Waals surface area contributed by atoms with Crippen LogP contribution in [0.25, 0.3) is 0 Å². The number of aliphatic hydroxyl groups excluding tert-OH is 1. The van der Waals surface area contributed by atoms with E-state index >= 15 is 0 Å². The molecule has 3 N–H and O–H groups in total. The maximum atomic E-state index is 12.2. The topological polar surface area (TPSA) is 103 Å². The van der Waals surface area contributed by atoms with Crippen molar-refractivity contribution in [2.45, 2.75) is 33.0 Å². The van der Waals surface area contributed by atoms with Gasteiger partial charge in [-0.1, -0.05) is 12.1 Å². The van der Waals surface area contributed by atoms with E-state index in [1.807, 2.05) is 6.92 Å². The quantitative estimate of drug-likeness (QED) is 0.156. The first-order valence-electron chi connectivity index (χ1n) is 9.38. The number of nitrogens with zero attached hydrogens (tertiary/aromatic N) is 2. The number of rotatable bonds is 12. The van der Waals surface area contributed by atoms with Gasteiger partial charge in [0.25, 0.3) is 0 Å². The number of benzene rings is 1. The summed E-state index contributed by atoms with van der Waals surface area (Å²) < 4.78 is 53.4. The van der Waals surface area contributed by atoms with Crippen molar-refractivity contribution in [2.75, 3.05) is 39.0 Å². The molecule has 1 atom stereocenters. The van der Waals surface area contributed by atoms with Crippen molar-refractivity contribution >= 4 is 40.0 Å². The van der Waals surface area contributed by atoms with Gasteiger partial charge in [0.15, 0.2) is 5.96 Å². The summed E-state index contributed by atoms with van der Waals surface area (Å²) in [6.07, 6.45) is -0.319. The van der Waals surface area contributed by atoms with E-state index in [1.165, 1.54) is 28.6 Å². The van der Waals surface area contributed by atoms with Crippen LogP contribution in [-0.4, -0.2) is 69.4 Å². The summed E-state index contributed by atoms with van der Waals surface area (Å²) in [5, 5.41) is 16.4. The van der Waals surface area contributed by atoms with Crippen molar-refractivity contribution in [3.05, 3.63) is 29.8 Å². The summed E-state index contributed by atoms with van der Waals surface area (Å²) in [6.45, 7) is 2.18. The summed E-state index contributed by atoms with van der Waals surface area (Å²) in [5.74, 6) is 0.573. The third-order valence-corrected chi connectivity index (χ3v) is 5.90. The van der Waals surface area contributed by atoms with Crippen molar-refractivity contribution in [2.24, 2.45) is 4.99 Å². The average molecular weight is 564 g/mol. The van der Waals surface area contributed by atoms with E-state index in [0.29, 0.717) is 37.6 Å². The predicted octanol–water partition coefficient (Wildman–Crippen LogP) is 2.17. The van der Waals surface area contributed by atoms with Gasteiger partial charge in [0, 0.05) is 26.7 Å². The van der Waals surface area contributed by atoms with E-state index in [-0.39, 0.29) is 42.0 Å². The summed E-state index contributed by atoms with van der Waals surface area (Å²) in [7, 11) is -1.65. The lowest BCUT2D eigenvalue weighted by Crippen LogP contribution is -2.39. The number of aliphatic hydroxyl groups is 1. The Kier molecular flexibility index (Phi) is 14.1. The highest BCUT2D eigenvalue weighted by atomic mass is 127. The van der Waals surface area contributed by atoms with Crippen molar-refractivity contribution in [3.8, 4) is 5.75 Å². The molecule has 1 unspecified atom stereocenters. The molecule has 0 aliphatic carbocycles. The van der Waals surface area contributed by atoms with Gasteiger partial charge in [0.2, 0.25) is 10.0 Å². The molecule has 1 rings (SSSR count). The number of hydrogen-bond donors (Lipinski definition) is 3. The van der Waals surface area contributed by atoms with Crippen LogP contribution in [0.5, 0.6) is 5.75 Å². The molecular weight excluding hydrogens is 533 g/mol. The van der Waals surface area contributed by atoms with Crippen LogP contribution < -0.4 is 15.4 Å². The molecule has 0 aliphatic heterocycles.